The fourth-order valence-electron chi connectivity index (χ4n) is 2.57. The van der Waals surface area contributed by atoms with Gasteiger partial charge in [-0.25, -0.2) is 4.79 Å². The quantitative estimate of drug-likeness (QED) is 0.858. The zero-order chi connectivity index (χ0) is 15.7. The van der Waals surface area contributed by atoms with E-state index in [1.165, 1.54) is 12.8 Å². The van der Waals surface area contributed by atoms with Crippen molar-refractivity contribution >= 4 is 6.09 Å². The maximum Gasteiger partial charge on any atom is 0.410 e. The summed E-state index contributed by atoms with van der Waals surface area (Å²) in [4.78, 5) is 13.9. The molecule has 0 N–H and O–H groups in total. The molecule has 1 aromatic rings. The zero-order valence-electron chi connectivity index (χ0n) is 13.7. The highest BCUT2D eigenvalue weighted by Gasteiger charge is 2.28. The van der Waals surface area contributed by atoms with Gasteiger partial charge in [0.2, 0.25) is 0 Å². The molecule has 0 aromatic carbocycles. The van der Waals surface area contributed by atoms with E-state index in [1.807, 2.05) is 25.5 Å². The van der Waals surface area contributed by atoms with Gasteiger partial charge in [-0.3, -0.25) is 4.68 Å². The lowest BCUT2D eigenvalue weighted by Gasteiger charge is -2.30. The van der Waals surface area contributed by atoms with Gasteiger partial charge in [-0.05, 0) is 33.1 Å². The SMILES string of the molecule is CC(C)(C)OC(=O)N1CCn2ncc(OCCC3CC3)c2C1. The predicted molar refractivity (Wildman–Crippen MR) is 81.7 cm³/mol. The molecule has 0 radical (unpaired) electrons. The summed E-state index contributed by atoms with van der Waals surface area (Å²) in [5, 5.41) is 4.35. The Hall–Kier alpha value is -1.72. The summed E-state index contributed by atoms with van der Waals surface area (Å²) in [6, 6.07) is 0. The first-order valence-electron chi connectivity index (χ1n) is 8.08. The molecule has 6 nitrogen and oxygen atoms in total. The fraction of sp³-hybridized carbons (Fsp3) is 0.750. The number of rotatable bonds is 4. The Balaban J connectivity index is 1.60. The van der Waals surface area contributed by atoms with Crippen molar-refractivity contribution in [3.63, 3.8) is 0 Å². The monoisotopic (exact) mass is 307 g/mol. The van der Waals surface area contributed by atoms with Crippen molar-refractivity contribution in [1.82, 2.24) is 14.7 Å². The van der Waals surface area contributed by atoms with Gasteiger partial charge in [0, 0.05) is 6.54 Å². The van der Waals surface area contributed by atoms with Crippen LogP contribution in [0.25, 0.3) is 0 Å². The van der Waals surface area contributed by atoms with Crippen molar-refractivity contribution < 1.29 is 14.3 Å². The standard InChI is InChI=1S/C16H25N3O3/c1-16(2,3)22-15(20)18-7-8-19-13(11-18)14(10-17-19)21-9-6-12-4-5-12/h10,12H,4-9,11H2,1-3H3. The number of carbonyl (C=O) groups excluding carboxylic acids is 1. The van der Waals surface area contributed by atoms with Crippen LogP contribution in [0.15, 0.2) is 6.20 Å². The van der Waals surface area contributed by atoms with E-state index in [0.29, 0.717) is 19.6 Å². The highest BCUT2D eigenvalue weighted by molar-refractivity contribution is 5.68. The number of hydrogen-bond donors (Lipinski definition) is 0. The van der Waals surface area contributed by atoms with Crippen LogP contribution in [0.5, 0.6) is 5.75 Å². The maximum atomic E-state index is 12.2. The number of amides is 1. The summed E-state index contributed by atoms with van der Waals surface area (Å²) in [5.74, 6) is 1.65. The molecule has 6 heteroatoms. The Morgan fingerprint density at radius 2 is 2.14 bits per heavy atom. The highest BCUT2D eigenvalue weighted by atomic mass is 16.6. The van der Waals surface area contributed by atoms with Crippen LogP contribution in [0.3, 0.4) is 0 Å². The largest absolute Gasteiger partial charge is 0.490 e. The number of carbonyl (C=O) groups is 1. The van der Waals surface area contributed by atoms with Gasteiger partial charge in [0.15, 0.2) is 5.75 Å². The normalized spacial score (nSPS) is 18.0. The topological polar surface area (TPSA) is 56.6 Å². The Morgan fingerprint density at radius 1 is 1.36 bits per heavy atom. The lowest BCUT2D eigenvalue weighted by molar-refractivity contribution is 0.0192. The van der Waals surface area contributed by atoms with Crippen LogP contribution in [-0.2, 0) is 17.8 Å². The molecule has 0 spiro atoms. The smallest absolute Gasteiger partial charge is 0.410 e. The summed E-state index contributed by atoms with van der Waals surface area (Å²) >= 11 is 0. The van der Waals surface area contributed by atoms with Gasteiger partial charge in [0.05, 0.1) is 31.6 Å². The lowest BCUT2D eigenvalue weighted by Crippen LogP contribution is -2.41. The number of nitrogens with zero attached hydrogens (tertiary/aromatic N) is 3. The minimum atomic E-state index is -0.474. The predicted octanol–water partition coefficient (Wildman–Crippen LogP) is 2.81. The van der Waals surface area contributed by atoms with Gasteiger partial charge in [0.1, 0.15) is 5.60 Å². The molecule has 2 heterocycles. The van der Waals surface area contributed by atoms with Gasteiger partial charge in [-0.1, -0.05) is 12.8 Å². The Morgan fingerprint density at radius 3 is 2.82 bits per heavy atom. The van der Waals surface area contributed by atoms with E-state index in [9.17, 15) is 4.79 Å². The van der Waals surface area contributed by atoms with Crippen LogP contribution >= 0.6 is 0 Å². The third-order valence-electron chi connectivity index (χ3n) is 3.97. The first-order valence-corrected chi connectivity index (χ1v) is 8.08. The molecule has 1 aromatic heterocycles. The van der Waals surface area contributed by atoms with Crippen LogP contribution < -0.4 is 4.74 Å². The number of hydrogen-bond acceptors (Lipinski definition) is 4. The number of fused-ring (bicyclic) bond motifs is 1. The van der Waals surface area contributed by atoms with E-state index in [4.69, 9.17) is 9.47 Å². The van der Waals surface area contributed by atoms with E-state index in [-0.39, 0.29) is 6.09 Å². The summed E-state index contributed by atoms with van der Waals surface area (Å²) in [6.07, 6.45) is 5.27. The summed E-state index contributed by atoms with van der Waals surface area (Å²) in [6.45, 7) is 8.16. The minimum absolute atomic E-state index is 0.274. The molecule has 122 valence electrons. The minimum Gasteiger partial charge on any atom is -0.490 e. The van der Waals surface area contributed by atoms with E-state index in [0.717, 1.165) is 30.4 Å². The third kappa shape index (κ3) is 3.72. The van der Waals surface area contributed by atoms with Crippen LogP contribution in [0.1, 0.15) is 45.7 Å². The lowest BCUT2D eigenvalue weighted by atomic mass is 10.2. The van der Waals surface area contributed by atoms with Crippen molar-refractivity contribution in [2.75, 3.05) is 13.2 Å². The van der Waals surface area contributed by atoms with Crippen molar-refractivity contribution in [2.24, 2.45) is 5.92 Å². The Labute approximate surface area is 131 Å². The third-order valence-corrected chi connectivity index (χ3v) is 3.97. The van der Waals surface area contributed by atoms with Crippen molar-refractivity contribution in [3.05, 3.63) is 11.9 Å². The highest BCUT2D eigenvalue weighted by Crippen LogP contribution is 2.32. The van der Waals surface area contributed by atoms with E-state index in [1.54, 1.807) is 11.1 Å². The van der Waals surface area contributed by atoms with Gasteiger partial charge >= 0.3 is 6.09 Å². The summed E-state index contributed by atoms with van der Waals surface area (Å²) in [7, 11) is 0. The molecule has 22 heavy (non-hydrogen) atoms. The molecular formula is C16H25N3O3. The molecule has 2 aliphatic rings. The van der Waals surface area contributed by atoms with Crippen LogP contribution in [0.4, 0.5) is 4.79 Å². The van der Waals surface area contributed by atoms with E-state index >= 15 is 0 Å². The molecule has 3 rings (SSSR count). The average molecular weight is 307 g/mol. The summed E-state index contributed by atoms with van der Waals surface area (Å²) < 4.78 is 13.2. The number of ether oxygens (including phenoxy) is 2. The van der Waals surface area contributed by atoms with Crippen LogP contribution in [0, 0.1) is 5.92 Å². The molecule has 0 unspecified atom stereocenters. The maximum absolute atomic E-state index is 12.2. The zero-order valence-corrected chi connectivity index (χ0v) is 13.7. The Kier molecular flexibility index (Phi) is 4.02. The Bertz CT molecular complexity index is 543. The van der Waals surface area contributed by atoms with E-state index in [2.05, 4.69) is 5.10 Å². The molecule has 0 saturated heterocycles. The first kappa shape index (κ1) is 15.2. The van der Waals surface area contributed by atoms with Gasteiger partial charge in [-0.15, -0.1) is 0 Å². The van der Waals surface area contributed by atoms with Gasteiger partial charge < -0.3 is 14.4 Å². The molecular weight excluding hydrogens is 282 g/mol. The van der Waals surface area contributed by atoms with Crippen molar-refractivity contribution in [3.8, 4) is 5.75 Å². The summed E-state index contributed by atoms with van der Waals surface area (Å²) in [5.41, 5.74) is 0.492. The molecule has 1 aliphatic carbocycles. The molecule has 1 fully saturated rings. The van der Waals surface area contributed by atoms with Crippen molar-refractivity contribution in [2.45, 2.75) is 58.7 Å². The van der Waals surface area contributed by atoms with Gasteiger partial charge in [0.25, 0.3) is 0 Å². The van der Waals surface area contributed by atoms with Crippen molar-refractivity contribution in [1.29, 1.82) is 0 Å². The molecule has 1 amide bonds. The molecule has 0 atom stereocenters. The fourth-order valence-corrected chi connectivity index (χ4v) is 2.57. The molecule has 1 saturated carbocycles. The van der Waals surface area contributed by atoms with E-state index < -0.39 is 5.60 Å². The van der Waals surface area contributed by atoms with Crippen LogP contribution in [0.2, 0.25) is 0 Å². The molecule has 0 bridgehead atoms. The van der Waals surface area contributed by atoms with Crippen LogP contribution in [-0.4, -0.2) is 39.5 Å². The number of aromatic nitrogens is 2. The second-order valence-corrected chi connectivity index (χ2v) is 7.16. The second kappa shape index (κ2) is 5.82. The first-order chi connectivity index (χ1) is 10.4. The molecule has 1 aliphatic heterocycles. The average Bonchev–Trinajstić information content (AvgIpc) is 3.17. The second-order valence-electron chi connectivity index (χ2n) is 7.16. The van der Waals surface area contributed by atoms with Gasteiger partial charge in [-0.2, -0.15) is 5.10 Å².